The number of hydrogen-bond acceptors (Lipinski definition) is 3. The van der Waals surface area contributed by atoms with Gasteiger partial charge in [-0.1, -0.05) is 31.4 Å². The normalized spacial score (nSPS) is 14.9. The molecular formula is C21H35IN4O2. The third-order valence-corrected chi connectivity index (χ3v) is 4.73. The predicted molar refractivity (Wildman–Crippen MR) is 126 cm³/mol. The molecule has 0 spiro atoms. The van der Waals surface area contributed by atoms with Crippen molar-refractivity contribution in [2.24, 2.45) is 4.99 Å². The van der Waals surface area contributed by atoms with Gasteiger partial charge in [0.2, 0.25) is 0 Å². The first-order valence-corrected chi connectivity index (χ1v) is 10.2. The van der Waals surface area contributed by atoms with Crippen molar-refractivity contribution in [3.8, 4) is 0 Å². The molecule has 2 rings (SSSR count). The Morgan fingerprint density at radius 3 is 2.50 bits per heavy atom. The van der Waals surface area contributed by atoms with Crippen LogP contribution in [0.25, 0.3) is 0 Å². The molecule has 1 saturated carbocycles. The summed E-state index contributed by atoms with van der Waals surface area (Å²) in [5.41, 5.74) is 1.73. The van der Waals surface area contributed by atoms with Crippen molar-refractivity contribution >= 4 is 35.8 Å². The van der Waals surface area contributed by atoms with E-state index in [0.29, 0.717) is 18.2 Å². The number of nitrogens with zero attached hydrogens (tertiary/aromatic N) is 1. The summed E-state index contributed by atoms with van der Waals surface area (Å²) in [6.07, 6.45) is 7.86. The number of nitrogens with one attached hydrogen (secondary N) is 3. The van der Waals surface area contributed by atoms with Crippen LogP contribution in [0.2, 0.25) is 0 Å². The van der Waals surface area contributed by atoms with Crippen molar-refractivity contribution < 1.29 is 9.53 Å². The molecule has 1 aromatic rings. The second-order valence-corrected chi connectivity index (χ2v) is 6.88. The number of aliphatic imine (C=N–C) groups is 1. The number of hydrogen-bond donors (Lipinski definition) is 3. The molecule has 1 aliphatic rings. The van der Waals surface area contributed by atoms with Gasteiger partial charge in [-0.15, -0.1) is 24.0 Å². The lowest BCUT2D eigenvalue weighted by Gasteiger charge is -2.22. The number of ether oxygens (including phenoxy) is 1. The second kappa shape index (κ2) is 14.6. The van der Waals surface area contributed by atoms with E-state index in [1.165, 1.54) is 32.1 Å². The van der Waals surface area contributed by atoms with Gasteiger partial charge in [-0.25, -0.2) is 4.99 Å². The summed E-state index contributed by atoms with van der Waals surface area (Å²) in [5.74, 6) is 0.737. The fourth-order valence-electron chi connectivity index (χ4n) is 3.18. The summed E-state index contributed by atoms with van der Waals surface area (Å²) in [6, 6.07) is 7.53. The van der Waals surface area contributed by atoms with E-state index in [4.69, 9.17) is 4.74 Å². The molecule has 0 atom stereocenters. The largest absolute Gasteiger partial charge is 0.378 e. The maximum absolute atomic E-state index is 11.6. The molecule has 0 radical (unpaired) electrons. The maximum atomic E-state index is 11.6. The molecule has 0 heterocycles. The SMILES string of the molecule is CCNC(=NCc1ccc(C(=O)NC)cc1)NCCCOC1CCCCC1.I. The molecule has 1 aliphatic carbocycles. The van der Waals surface area contributed by atoms with E-state index < -0.39 is 0 Å². The van der Waals surface area contributed by atoms with E-state index in [1.807, 2.05) is 24.3 Å². The highest BCUT2D eigenvalue weighted by Crippen LogP contribution is 2.20. The van der Waals surface area contributed by atoms with E-state index in [-0.39, 0.29) is 29.9 Å². The number of guanidine groups is 1. The van der Waals surface area contributed by atoms with E-state index in [2.05, 4.69) is 27.9 Å². The highest BCUT2D eigenvalue weighted by atomic mass is 127. The van der Waals surface area contributed by atoms with Gasteiger partial charge in [0.25, 0.3) is 5.91 Å². The number of benzene rings is 1. The smallest absolute Gasteiger partial charge is 0.251 e. The fourth-order valence-corrected chi connectivity index (χ4v) is 3.18. The zero-order chi connectivity index (χ0) is 19.3. The van der Waals surface area contributed by atoms with Gasteiger partial charge in [0, 0.05) is 32.3 Å². The molecule has 0 unspecified atom stereocenters. The number of carbonyl (C=O) groups is 1. The number of amides is 1. The van der Waals surface area contributed by atoms with Gasteiger partial charge in [0.1, 0.15) is 0 Å². The van der Waals surface area contributed by atoms with Crippen LogP contribution in [0.15, 0.2) is 29.3 Å². The van der Waals surface area contributed by atoms with Crippen LogP contribution in [0.3, 0.4) is 0 Å². The first kappa shape index (κ1) is 24.7. The van der Waals surface area contributed by atoms with Crippen molar-refractivity contribution in [1.29, 1.82) is 0 Å². The highest BCUT2D eigenvalue weighted by molar-refractivity contribution is 14.0. The molecule has 0 aliphatic heterocycles. The maximum Gasteiger partial charge on any atom is 0.251 e. The molecule has 3 N–H and O–H groups in total. The molecule has 0 aromatic heterocycles. The lowest BCUT2D eigenvalue weighted by molar-refractivity contribution is 0.0277. The van der Waals surface area contributed by atoms with Crippen molar-refractivity contribution in [3.05, 3.63) is 35.4 Å². The van der Waals surface area contributed by atoms with Crippen molar-refractivity contribution in [1.82, 2.24) is 16.0 Å². The van der Waals surface area contributed by atoms with E-state index in [9.17, 15) is 4.79 Å². The topological polar surface area (TPSA) is 74.8 Å². The van der Waals surface area contributed by atoms with Gasteiger partial charge >= 0.3 is 0 Å². The minimum Gasteiger partial charge on any atom is -0.378 e. The molecule has 0 saturated heterocycles. The van der Waals surface area contributed by atoms with Crippen LogP contribution in [0, 0.1) is 0 Å². The van der Waals surface area contributed by atoms with Crippen LogP contribution in [0.5, 0.6) is 0 Å². The van der Waals surface area contributed by atoms with Crippen molar-refractivity contribution in [2.45, 2.75) is 58.1 Å². The van der Waals surface area contributed by atoms with Gasteiger partial charge in [-0.3, -0.25) is 4.79 Å². The average Bonchev–Trinajstić information content (AvgIpc) is 2.72. The standard InChI is InChI=1S/C21H34N4O2.HI/c1-3-23-21(24-14-7-15-27-19-8-5-4-6-9-19)25-16-17-10-12-18(13-11-17)20(26)22-2;/h10-13,19H,3-9,14-16H2,1-2H3,(H,22,26)(H2,23,24,25);1H. The zero-order valence-corrected chi connectivity index (χ0v) is 19.5. The quantitative estimate of drug-likeness (QED) is 0.209. The summed E-state index contributed by atoms with van der Waals surface area (Å²) >= 11 is 0. The van der Waals surface area contributed by atoms with Gasteiger partial charge < -0.3 is 20.7 Å². The summed E-state index contributed by atoms with van der Waals surface area (Å²) in [4.78, 5) is 16.2. The molecule has 7 heteroatoms. The Kier molecular flexibility index (Phi) is 12.9. The Hall–Kier alpha value is -1.35. The van der Waals surface area contributed by atoms with Crippen LogP contribution in [0.1, 0.15) is 61.4 Å². The van der Waals surface area contributed by atoms with Crippen LogP contribution in [0.4, 0.5) is 0 Å². The van der Waals surface area contributed by atoms with E-state index >= 15 is 0 Å². The monoisotopic (exact) mass is 502 g/mol. The summed E-state index contributed by atoms with van der Waals surface area (Å²) in [6.45, 7) is 5.09. The summed E-state index contributed by atoms with van der Waals surface area (Å²) in [5, 5.41) is 9.25. The van der Waals surface area contributed by atoms with Gasteiger partial charge in [0.05, 0.1) is 12.6 Å². The Labute approximate surface area is 186 Å². The number of halogens is 1. The minimum absolute atomic E-state index is 0. The summed E-state index contributed by atoms with van der Waals surface area (Å²) < 4.78 is 5.96. The van der Waals surface area contributed by atoms with E-state index in [1.54, 1.807) is 7.05 Å². The summed E-state index contributed by atoms with van der Waals surface area (Å²) in [7, 11) is 1.63. The fraction of sp³-hybridized carbons (Fsp3) is 0.619. The lowest BCUT2D eigenvalue weighted by atomic mass is 9.98. The van der Waals surface area contributed by atoms with Crippen LogP contribution in [-0.2, 0) is 11.3 Å². The van der Waals surface area contributed by atoms with E-state index in [0.717, 1.165) is 37.6 Å². The minimum atomic E-state index is -0.0736. The van der Waals surface area contributed by atoms with Crippen LogP contribution >= 0.6 is 24.0 Å². The first-order chi connectivity index (χ1) is 13.2. The third kappa shape index (κ3) is 9.23. The predicted octanol–water partition coefficient (Wildman–Crippen LogP) is 3.46. The molecule has 1 fully saturated rings. The van der Waals surface area contributed by atoms with Crippen LogP contribution in [-0.4, -0.2) is 44.7 Å². The average molecular weight is 502 g/mol. The zero-order valence-electron chi connectivity index (χ0n) is 17.1. The highest BCUT2D eigenvalue weighted by Gasteiger charge is 2.13. The Bertz CT molecular complexity index is 587. The third-order valence-electron chi connectivity index (χ3n) is 4.73. The Morgan fingerprint density at radius 2 is 1.86 bits per heavy atom. The molecule has 1 aromatic carbocycles. The Balaban J connectivity index is 0.00000392. The number of rotatable bonds is 9. The number of carbonyl (C=O) groups excluding carboxylic acids is 1. The molecule has 158 valence electrons. The lowest BCUT2D eigenvalue weighted by Crippen LogP contribution is -2.38. The van der Waals surface area contributed by atoms with Gasteiger partial charge in [-0.2, -0.15) is 0 Å². The van der Waals surface area contributed by atoms with Gasteiger partial charge in [-0.05, 0) is 43.9 Å². The molecule has 28 heavy (non-hydrogen) atoms. The van der Waals surface area contributed by atoms with Crippen molar-refractivity contribution in [2.75, 3.05) is 26.7 Å². The Morgan fingerprint density at radius 1 is 1.14 bits per heavy atom. The first-order valence-electron chi connectivity index (χ1n) is 10.2. The second-order valence-electron chi connectivity index (χ2n) is 6.88. The molecule has 1 amide bonds. The molecular weight excluding hydrogens is 467 g/mol. The molecule has 6 nitrogen and oxygen atoms in total. The van der Waals surface area contributed by atoms with Gasteiger partial charge in [0.15, 0.2) is 5.96 Å². The molecule has 0 bridgehead atoms. The van der Waals surface area contributed by atoms with Crippen LogP contribution < -0.4 is 16.0 Å². The van der Waals surface area contributed by atoms with Crippen molar-refractivity contribution in [3.63, 3.8) is 0 Å².